The van der Waals surface area contributed by atoms with Crippen LogP contribution in [0.4, 0.5) is 0 Å². The zero-order valence-electron chi connectivity index (χ0n) is 8.93. The molecule has 84 valence electrons. The molecule has 15 heavy (non-hydrogen) atoms. The van der Waals surface area contributed by atoms with Crippen molar-refractivity contribution in [2.24, 2.45) is 17.4 Å². The van der Waals surface area contributed by atoms with E-state index in [1.165, 1.54) is 11.9 Å². The second-order valence-corrected chi connectivity index (χ2v) is 3.53. The van der Waals surface area contributed by atoms with Gasteiger partial charge in [-0.2, -0.15) is 5.26 Å². The third-order valence-corrected chi connectivity index (χ3v) is 1.88. The molecule has 0 saturated carbocycles. The van der Waals surface area contributed by atoms with Crippen molar-refractivity contribution in [1.82, 2.24) is 4.90 Å². The lowest BCUT2D eigenvalue weighted by Crippen LogP contribution is -2.45. The average Bonchev–Trinajstić information content (AvgIpc) is 2.15. The minimum atomic E-state index is -0.918. The van der Waals surface area contributed by atoms with Crippen molar-refractivity contribution in [3.63, 3.8) is 0 Å². The molecule has 0 rings (SSSR count). The maximum Gasteiger partial charge on any atom is 0.239 e. The lowest BCUT2D eigenvalue weighted by Gasteiger charge is -2.21. The number of primary amides is 1. The van der Waals surface area contributed by atoms with Crippen molar-refractivity contribution in [2.45, 2.75) is 19.4 Å². The predicted octanol–water partition coefficient (Wildman–Crippen LogP) is -1.19. The molecular weight excluding hydrogens is 196 g/mol. The Kier molecular flexibility index (Phi) is 5.34. The van der Waals surface area contributed by atoms with Crippen molar-refractivity contribution in [1.29, 1.82) is 5.26 Å². The van der Waals surface area contributed by atoms with Gasteiger partial charge in [0, 0.05) is 13.6 Å². The Morgan fingerprint density at radius 2 is 2.07 bits per heavy atom. The van der Waals surface area contributed by atoms with Gasteiger partial charge in [-0.05, 0) is 6.92 Å². The zero-order valence-corrected chi connectivity index (χ0v) is 8.93. The Hall–Kier alpha value is -1.61. The molecule has 0 aliphatic rings. The largest absolute Gasteiger partial charge is 0.370 e. The smallest absolute Gasteiger partial charge is 0.239 e. The molecule has 2 amide bonds. The quantitative estimate of drug-likeness (QED) is 0.596. The highest BCUT2D eigenvalue weighted by atomic mass is 16.2. The third-order valence-electron chi connectivity index (χ3n) is 1.88. The summed E-state index contributed by atoms with van der Waals surface area (Å²) >= 11 is 0. The highest BCUT2D eigenvalue weighted by molar-refractivity contribution is 5.87. The molecule has 0 aliphatic heterocycles. The maximum absolute atomic E-state index is 11.5. The molecule has 6 heteroatoms. The Morgan fingerprint density at radius 1 is 1.53 bits per heavy atom. The topological polar surface area (TPSA) is 113 Å². The van der Waals surface area contributed by atoms with Crippen LogP contribution >= 0.6 is 0 Å². The summed E-state index contributed by atoms with van der Waals surface area (Å²) in [6.45, 7) is 1.99. The molecule has 0 spiro atoms. The van der Waals surface area contributed by atoms with E-state index < -0.39 is 11.9 Å². The summed E-state index contributed by atoms with van der Waals surface area (Å²) in [7, 11) is 1.54. The Bertz CT molecular complexity index is 284. The first kappa shape index (κ1) is 13.4. The first-order valence-corrected chi connectivity index (χ1v) is 4.57. The van der Waals surface area contributed by atoms with Gasteiger partial charge in [-0.3, -0.25) is 9.59 Å². The summed E-state index contributed by atoms with van der Waals surface area (Å²) in [4.78, 5) is 23.4. The number of carbonyl (C=O) groups is 2. The van der Waals surface area contributed by atoms with Crippen LogP contribution in [0.25, 0.3) is 0 Å². The number of carbonyl (C=O) groups excluding carboxylic acids is 2. The Labute approximate surface area is 88.8 Å². The van der Waals surface area contributed by atoms with Gasteiger partial charge in [0.25, 0.3) is 0 Å². The van der Waals surface area contributed by atoms with Crippen LogP contribution in [0.5, 0.6) is 0 Å². The van der Waals surface area contributed by atoms with E-state index in [1.54, 1.807) is 6.92 Å². The molecule has 6 nitrogen and oxygen atoms in total. The third kappa shape index (κ3) is 4.98. The first-order chi connectivity index (χ1) is 6.88. The van der Waals surface area contributed by atoms with Crippen LogP contribution < -0.4 is 11.5 Å². The predicted molar refractivity (Wildman–Crippen MR) is 54.2 cm³/mol. The number of nitrogens with two attached hydrogens (primary N) is 2. The van der Waals surface area contributed by atoms with Crippen molar-refractivity contribution in [3.8, 4) is 6.07 Å². The van der Waals surface area contributed by atoms with Crippen LogP contribution in [-0.4, -0.2) is 36.3 Å². The number of rotatable bonds is 5. The van der Waals surface area contributed by atoms with Crippen LogP contribution in [0.15, 0.2) is 0 Å². The van der Waals surface area contributed by atoms with Crippen LogP contribution in [0.3, 0.4) is 0 Å². The van der Waals surface area contributed by atoms with Gasteiger partial charge in [-0.25, -0.2) is 0 Å². The standard InChI is InChI=1S/C9H16N4O2/c1-6(4-10)5-13(2)9(15)7(11)3-8(12)14/h6-7H,3,5,11H2,1-2H3,(H2,12,14). The molecular formula is C9H16N4O2. The molecule has 0 fully saturated rings. The van der Waals surface area contributed by atoms with E-state index >= 15 is 0 Å². The summed E-state index contributed by atoms with van der Waals surface area (Å²) < 4.78 is 0. The van der Waals surface area contributed by atoms with Gasteiger partial charge in [0.15, 0.2) is 0 Å². The summed E-state index contributed by atoms with van der Waals surface area (Å²) in [6, 6.07) is 1.09. The molecule has 0 aromatic rings. The average molecular weight is 212 g/mol. The highest BCUT2D eigenvalue weighted by Crippen LogP contribution is 2.00. The second-order valence-electron chi connectivity index (χ2n) is 3.53. The molecule has 0 saturated heterocycles. The first-order valence-electron chi connectivity index (χ1n) is 4.57. The SMILES string of the molecule is CC(C#N)CN(C)C(=O)C(N)CC(N)=O. The molecule has 2 atom stereocenters. The number of hydrogen-bond acceptors (Lipinski definition) is 4. The summed E-state index contributed by atoms with van der Waals surface area (Å²) in [5.41, 5.74) is 10.4. The molecule has 0 aromatic carbocycles. The Morgan fingerprint density at radius 3 is 2.47 bits per heavy atom. The van der Waals surface area contributed by atoms with Gasteiger partial charge in [0.1, 0.15) is 0 Å². The molecule has 0 radical (unpaired) electrons. The van der Waals surface area contributed by atoms with Gasteiger partial charge < -0.3 is 16.4 Å². The number of nitriles is 1. The van der Waals surface area contributed by atoms with Gasteiger partial charge in [-0.15, -0.1) is 0 Å². The Balaban J connectivity index is 4.20. The van der Waals surface area contributed by atoms with Gasteiger partial charge in [-0.1, -0.05) is 0 Å². The van der Waals surface area contributed by atoms with E-state index in [9.17, 15) is 9.59 Å². The van der Waals surface area contributed by atoms with Crippen molar-refractivity contribution in [2.75, 3.05) is 13.6 Å². The number of hydrogen-bond donors (Lipinski definition) is 2. The van der Waals surface area contributed by atoms with Gasteiger partial charge >= 0.3 is 0 Å². The lowest BCUT2D eigenvalue weighted by molar-refractivity contribution is -0.133. The summed E-state index contributed by atoms with van der Waals surface area (Å²) in [5.74, 6) is -1.26. The lowest BCUT2D eigenvalue weighted by atomic mass is 10.1. The van der Waals surface area contributed by atoms with E-state index in [4.69, 9.17) is 16.7 Å². The fraction of sp³-hybridized carbons (Fsp3) is 0.667. The zero-order chi connectivity index (χ0) is 12.0. The monoisotopic (exact) mass is 212 g/mol. The molecule has 0 aliphatic carbocycles. The van der Waals surface area contributed by atoms with E-state index in [0.29, 0.717) is 6.54 Å². The molecule has 2 unspecified atom stereocenters. The van der Waals surface area contributed by atoms with Crippen LogP contribution in [0.1, 0.15) is 13.3 Å². The van der Waals surface area contributed by atoms with Gasteiger partial charge in [0.05, 0.1) is 24.4 Å². The van der Waals surface area contributed by atoms with E-state index in [2.05, 4.69) is 0 Å². The van der Waals surface area contributed by atoms with Crippen molar-refractivity contribution >= 4 is 11.8 Å². The maximum atomic E-state index is 11.5. The second kappa shape index (κ2) is 5.98. The number of likely N-dealkylation sites (N-methyl/N-ethyl adjacent to an activating group) is 1. The minimum Gasteiger partial charge on any atom is -0.370 e. The van der Waals surface area contributed by atoms with E-state index in [0.717, 1.165) is 0 Å². The molecule has 4 N–H and O–H groups in total. The summed E-state index contributed by atoms with van der Waals surface area (Å²) in [6.07, 6.45) is -0.176. The van der Waals surface area contributed by atoms with E-state index in [1.807, 2.05) is 6.07 Å². The van der Waals surface area contributed by atoms with Crippen LogP contribution in [0.2, 0.25) is 0 Å². The summed E-state index contributed by atoms with van der Waals surface area (Å²) in [5, 5.41) is 8.56. The van der Waals surface area contributed by atoms with Crippen molar-refractivity contribution < 1.29 is 9.59 Å². The van der Waals surface area contributed by atoms with Gasteiger partial charge in [0.2, 0.25) is 11.8 Å². The van der Waals surface area contributed by atoms with Crippen LogP contribution in [0, 0.1) is 17.2 Å². The number of nitrogens with zero attached hydrogens (tertiary/aromatic N) is 2. The highest BCUT2D eigenvalue weighted by Gasteiger charge is 2.20. The van der Waals surface area contributed by atoms with Crippen molar-refractivity contribution in [3.05, 3.63) is 0 Å². The molecule has 0 aromatic heterocycles. The van der Waals surface area contributed by atoms with Crippen LogP contribution in [-0.2, 0) is 9.59 Å². The molecule has 0 heterocycles. The molecule has 0 bridgehead atoms. The number of amides is 2. The minimum absolute atomic E-state index is 0.176. The fourth-order valence-corrected chi connectivity index (χ4v) is 1.13. The normalized spacial score (nSPS) is 13.7. The fourth-order valence-electron chi connectivity index (χ4n) is 1.13. The van der Waals surface area contributed by atoms with E-state index in [-0.39, 0.29) is 18.2 Å².